The Labute approximate surface area is 106 Å². The average molecular weight is 240 g/mol. The number of hydrogen-bond acceptors (Lipinski definition) is 4. The molecular weight excluding hydrogens is 224 g/mol. The van der Waals surface area contributed by atoms with Crippen LogP contribution in [-0.4, -0.2) is 16.5 Å². The van der Waals surface area contributed by atoms with Crippen LogP contribution in [0.2, 0.25) is 0 Å². The first-order valence-corrected chi connectivity index (χ1v) is 6.27. The summed E-state index contributed by atoms with van der Waals surface area (Å²) >= 11 is 0. The van der Waals surface area contributed by atoms with Crippen molar-refractivity contribution in [3.8, 4) is 0 Å². The van der Waals surface area contributed by atoms with Crippen molar-refractivity contribution >= 4 is 17.2 Å². The van der Waals surface area contributed by atoms with Gasteiger partial charge in [-0.15, -0.1) is 0 Å². The Morgan fingerprint density at radius 1 is 1.17 bits per heavy atom. The van der Waals surface area contributed by atoms with E-state index in [0.717, 1.165) is 25.2 Å². The van der Waals surface area contributed by atoms with Crippen molar-refractivity contribution in [1.29, 1.82) is 0 Å². The van der Waals surface area contributed by atoms with Crippen molar-refractivity contribution < 1.29 is 0 Å². The molecule has 2 heterocycles. The Balaban J connectivity index is 2.10. The summed E-state index contributed by atoms with van der Waals surface area (Å²) in [4.78, 5) is 10.5. The molecule has 0 radical (unpaired) electrons. The van der Waals surface area contributed by atoms with E-state index in [-0.39, 0.29) is 0 Å². The van der Waals surface area contributed by atoms with Gasteiger partial charge in [-0.05, 0) is 30.9 Å². The summed E-state index contributed by atoms with van der Waals surface area (Å²) in [6.07, 6.45) is 6.70. The highest BCUT2D eigenvalue weighted by atomic mass is 15.2. The zero-order valence-corrected chi connectivity index (χ0v) is 10.2. The number of fused-ring (bicyclic) bond motifs is 1. The largest absolute Gasteiger partial charge is 0.394 e. The topological polar surface area (TPSA) is 55.0 Å². The molecule has 0 saturated carbocycles. The SMILES string of the molecule is Nc1cncnc1N1CCCCc2ccccc21. The molecule has 4 nitrogen and oxygen atoms in total. The lowest BCUT2D eigenvalue weighted by molar-refractivity contribution is 0.757. The van der Waals surface area contributed by atoms with Gasteiger partial charge in [0.25, 0.3) is 0 Å². The molecule has 0 spiro atoms. The number of hydrogen-bond donors (Lipinski definition) is 1. The van der Waals surface area contributed by atoms with Gasteiger partial charge < -0.3 is 10.6 Å². The predicted octanol–water partition coefficient (Wildman–Crippen LogP) is 2.53. The Hall–Kier alpha value is -2.10. The van der Waals surface area contributed by atoms with Gasteiger partial charge in [0.05, 0.1) is 11.9 Å². The first kappa shape index (κ1) is 11.0. The molecule has 1 aromatic carbocycles. The molecule has 3 rings (SSSR count). The van der Waals surface area contributed by atoms with Gasteiger partial charge in [0.1, 0.15) is 6.33 Å². The molecule has 4 heteroatoms. The lowest BCUT2D eigenvalue weighted by atomic mass is 10.1. The molecule has 0 unspecified atom stereocenters. The van der Waals surface area contributed by atoms with E-state index >= 15 is 0 Å². The van der Waals surface area contributed by atoms with Crippen LogP contribution >= 0.6 is 0 Å². The number of rotatable bonds is 1. The maximum atomic E-state index is 5.99. The number of anilines is 3. The van der Waals surface area contributed by atoms with E-state index in [1.165, 1.54) is 17.7 Å². The van der Waals surface area contributed by atoms with E-state index in [0.29, 0.717) is 5.69 Å². The fraction of sp³-hybridized carbons (Fsp3) is 0.286. The summed E-state index contributed by atoms with van der Waals surface area (Å²) in [5.41, 5.74) is 9.22. The standard InChI is InChI=1S/C14H16N4/c15-12-9-16-10-17-14(12)18-8-4-3-6-11-5-1-2-7-13(11)18/h1-2,5,7,9-10H,3-4,6,8,15H2. The van der Waals surface area contributed by atoms with Gasteiger partial charge in [-0.1, -0.05) is 18.2 Å². The molecule has 0 bridgehead atoms. The second-order valence-corrected chi connectivity index (χ2v) is 4.54. The van der Waals surface area contributed by atoms with Crippen molar-refractivity contribution in [3.05, 3.63) is 42.4 Å². The summed E-state index contributed by atoms with van der Waals surface area (Å²) < 4.78 is 0. The molecule has 0 fully saturated rings. The Bertz CT molecular complexity index is 553. The maximum absolute atomic E-state index is 5.99. The highest BCUT2D eigenvalue weighted by Gasteiger charge is 2.18. The number of aromatic nitrogens is 2. The van der Waals surface area contributed by atoms with Crippen LogP contribution in [0.3, 0.4) is 0 Å². The lowest BCUT2D eigenvalue weighted by Gasteiger charge is -2.24. The number of aryl methyl sites for hydroxylation is 1. The summed E-state index contributed by atoms with van der Waals surface area (Å²) in [6, 6.07) is 8.48. The fourth-order valence-corrected chi connectivity index (χ4v) is 2.47. The Morgan fingerprint density at radius 3 is 2.94 bits per heavy atom. The molecule has 2 aromatic rings. The van der Waals surface area contributed by atoms with E-state index in [1.807, 2.05) is 0 Å². The van der Waals surface area contributed by atoms with Crippen molar-refractivity contribution in [2.24, 2.45) is 0 Å². The molecule has 0 amide bonds. The van der Waals surface area contributed by atoms with Gasteiger partial charge in [-0.3, -0.25) is 0 Å². The van der Waals surface area contributed by atoms with Crippen molar-refractivity contribution in [1.82, 2.24) is 9.97 Å². The van der Waals surface area contributed by atoms with Gasteiger partial charge in [0.15, 0.2) is 5.82 Å². The molecule has 18 heavy (non-hydrogen) atoms. The molecule has 1 aromatic heterocycles. The lowest BCUT2D eigenvalue weighted by Crippen LogP contribution is -2.20. The van der Waals surface area contributed by atoms with Crippen LogP contribution in [0.4, 0.5) is 17.2 Å². The molecular formula is C14H16N4. The number of nitrogens with two attached hydrogens (primary N) is 1. The minimum Gasteiger partial charge on any atom is -0.394 e. The second kappa shape index (κ2) is 4.64. The van der Waals surface area contributed by atoms with Gasteiger partial charge >= 0.3 is 0 Å². The van der Waals surface area contributed by atoms with Crippen LogP contribution in [-0.2, 0) is 6.42 Å². The number of nitrogens with zero attached hydrogens (tertiary/aromatic N) is 3. The number of para-hydroxylation sites is 1. The summed E-state index contributed by atoms with van der Waals surface area (Å²) in [5, 5.41) is 0. The Kier molecular flexibility index (Phi) is 2.84. The third-order valence-corrected chi connectivity index (χ3v) is 3.33. The van der Waals surface area contributed by atoms with Crippen LogP contribution in [0.25, 0.3) is 0 Å². The van der Waals surface area contributed by atoms with E-state index in [4.69, 9.17) is 5.73 Å². The first-order valence-electron chi connectivity index (χ1n) is 6.27. The third-order valence-electron chi connectivity index (χ3n) is 3.33. The fourth-order valence-electron chi connectivity index (χ4n) is 2.47. The maximum Gasteiger partial charge on any atom is 0.159 e. The summed E-state index contributed by atoms with van der Waals surface area (Å²) in [5.74, 6) is 0.819. The van der Waals surface area contributed by atoms with E-state index in [2.05, 4.69) is 39.1 Å². The summed E-state index contributed by atoms with van der Waals surface area (Å²) in [6.45, 7) is 0.957. The van der Waals surface area contributed by atoms with Gasteiger partial charge in [0.2, 0.25) is 0 Å². The minimum atomic E-state index is 0.634. The van der Waals surface area contributed by atoms with Crippen LogP contribution in [0, 0.1) is 0 Å². The van der Waals surface area contributed by atoms with Crippen LogP contribution in [0.15, 0.2) is 36.8 Å². The van der Waals surface area contributed by atoms with E-state index in [9.17, 15) is 0 Å². The van der Waals surface area contributed by atoms with Crippen molar-refractivity contribution in [2.45, 2.75) is 19.3 Å². The molecule has 0 aliphatic carbocycles. The van der Waals surface area contributed by atoms with Crippen molar-refractivity contribution in [3.63, 3.8) is 0 Å². The third kappa shape index (κ3) is 1.90. The molecule has 92 valence electrons. The minimum absolute atomic E-state index is 0.634. The number of benzene rings is 1. The van der Waals surface area contributed by atoms with E-state index in [1.54, 1.807) is 12.5 Å². The van der Waals surface area contributed by atoms with Gasteiger partial charge in [-0.25, -0.2) is 9.97 Å². The highest BCUT2D eigenvalue weighted by Crippen LogP contribution is 2.33. The highest BCUT2D eigenvalue weighted by molar-refractivity contribution is 5.72. The Morgan fingerprint density at radius 2 is 2.06 bits per heavy atom. The first-order chi connectivity index (χ1) is 8.86. The van der Waals surface area contributed by atoms with Crippen molar-refractivity contribution in [2.75, 3.05) is 17.2 Å². The predicted molar refractivity (Wildman–Crippen MR) is 72.8 cm³/mol. The van der Waals surface area contributed by atoms with E-state index < -0.39 is 0 Å². The van der Waals surface area contributed by atoms with Crippen LogP contribution in [0.1, 0.15) is 18.4 Å². The second-order valence-electron chi connectivity index (χ2n) is 4.54. The zero-order chi connectivity index (χ0) is 12.4. The molecule has 1 aliphatic heterocycles. The average Bonchev–Trinajstić information content (AvgIpc) is 2.62. The molecule has 2 N–H and O–H groups in total. The molecule has 1 aliphatic rings. The number of nitrogen functional groups attached to an aromatic ring is 1. The molecule has 0 atom stereocenters. The normalized spacial score (nSPS) is 15.0. The van der Waals surface area contributed by atoms with Gasteiger partial charge in [-0.2, -0.15) is 0 Å². The van der Waals surface area contributed by atoms with Crippen LogP contribution in [0.5, 0.6) is 0 Å². The van der Waals surface area contributed by atoms with Gasteiger partial charge in [0, 0.05) is 12.2 Å². The quantitative estimate of drug-likeness (QED) is 0.832. The zero-order valence-electron chi connectivity index (χ0n) is 10.2. The monoisotopic (exact) mass is 240 g/mol. The smallest absolute Gasteiger partial charge is 0.159 e. The molecule has 0 saturated heterocycles. The summed E-state index contributed by atoms with van der Waals surface area (Å²) in [7, 11) is 0. The van der Waals surface area contributed by atoms with Crippen LogP contribution < -0.4 is 10.6 Å².